The van der Waals surface area contributed by atoms with Gasteiger partial charge in [-0.1, -0.05) is 36.4 Å². The second-order valence-electron chi connectivity index (χ2n) is 6.48. The van der Waals surface area contributed by atoms with Crippen molar-refractivity contribution in [3.63, 3.8) is 0 Å². The Morgan fingerprint density at radius 2 is 1.25 bits per heavy atom. The molecule has 2 rings (SSSR count). The maximum atomic E-state index is 12.0. The first kappa shape index (κ1) is 23.2. The SMILES string of the molecule is Cc1cccc(C)c1NC(=O)CN=CNCC(=O)Nc1c(C)cccc1C.Cl. The summed E-state index contributed by atoms with van der Waals surface area (Å²) in [7, 11) is 0. The van der Waals surface area contributed by atoms with Crippen LogP contribution in [0.1, 0.15) is 22.3 Å². The molecule has 0 heterocycles. The Hall–Kier alpha value is -2.86. The molecule has 2 aromatic rings. The summed E-state index contributed by atoms with van der Waals surface area (Å²) in [5.41, 5.74) is 5.69. The van der Waals surface area contributed by atoms with Crippen molar-refractivity contribution >= 4 is 41.9 Å². The van der Waals surface area contributed by atoms with Gasteiger partial charge in [0.1, 0.15) is 6.54 Å². The van der Waals surface area contributed by atoms with Crippen LogP contribution in [0.15, 0.2) is 41.4 Å². The van der Waals surface area contributed by atoms with Crippen molar-refractivity contribution in [1.82, 2.24) is 5.32 Å². The number of aliphatic imine (C=N–C) groups is 1. The summed E-state index contributed by atoms with van der Waals surface area (Å²) < 4.78 is 0. The molecule has 0 atom stereocenters. The van der Waals surface area contributed by atoms with Gasteiger partial charge in [0.25, 0.3) is 0 Å². The molecule has 150 valence electrons. The molecule has 0 bridgehead atoms. The monoisotopic (exact) mass is 402 g/mol. The fourth-order valence-corrected chi connectivity index (χ4v) is 2.72. The van der Waals surface area contributed by atoms with E-state index < -0.39 is 0 Å². The van der Waals surface area contributed by atoms with Gasteiger partial charge in [-0.05, 0) is 49.9 Å². The Morgan fingerprint density at radius 1 is 0.821 bits per heavy atom. The molecule has 2 aromatic carbocycles. The van der Waals surface area contributed by atoms with Crippen molar-refractivity contribution in [3.8, 4) is 0 Å². The second kappa shape index (κ2) is 11.1. The average molecular weight is 403 g/mol. The lowest BCUT2D eigenvalue weighted by Crippen LogP contribution is -2.28. The minimum Gasteiger partial charge on any atom is -0.367 e. The number of rotatable bonds is 7. The predicted molar refractivity (Wildman–Crippen MR) is 118 cm³/mol. The van der Waals surface area contributed by atoms with E-state index in [2.05, 4.69) is 20.9 Å². The maximum absolute atomic E-state index is 12.0. The van der Waals surface area contributed by atoms with Crippen LogP contribution in [0.4, 0.5) is 11.4 Å². The third kappa shape index (κ3) is 6.70. The van der Waals surface area contributed by atoms with Crippen LogP contribution in [0.3, 0.4) is 0 Å². The first-order valence-corrected chi connectivity index (χ1v) is 8.82. The van der Waals surface area contributed by atoms with Crippen LogP contribution < -0.4 is 16.0 Å². The molecule has 3 N–H and O–H groups in total. The highest BCUT2D eigenvalue weighted by molar-refractivity contribution is 5.95. The van der Waals surface area contributed by atoms with E-state index in [0.29, 0.717) is 0 Å². The van der Waals surface area contributed by atoms with Crippen molar-refractivity contribution in [2.24, 2.45) is 4.99 Å². The number of halogens is 1. The van der Waals surface area contributed by atoms with Crippen molar-refractivity contribution < 1.29 is 9.59 Å². The average Bonchev–Trinajstić information content (AvgIpc) is 2.61. The van der Waals surface area contributed by atoms with Gasteiger partial charge in [0.2, 0.25) is 11.8 Å². The van der Waals surface area contributed by atoms with Gasteiger partial charge < -0.3 is 16.0 Å². The van der Waals surface area contributed by atoms with Crippen LogP contribution in [-0.4, -0.2) is 31.2 Å². The Bertz CT molecular complexity index is 825. The number of carbonyl (C=O) groups excluding carboxylic acids is 2. The number of aryl methyl sites for hydroxylation is 4. The molecule has 7 heteroatoms. The lowest BCUT2D eigenvalue weighted by Gasteiger charge is -2.11. The van der Waals surface area contributed by atoms with Gasteiger partial charge in [-0.25, -0.2) is 0 Å². The van der Waals surface area contributed by atoms with E-state index in [1.807, 2.05) is 64.1 Å². The van der Waals surface area contributed by atoms with E-state index in [9.17, 15) is 9.59 Å². The van der Waals surface area contributed by atoms with Crippen molar-refractivity contribution in [3.05, 3.63) is 58.7 Å². The molecule has 0 spiro atoms. The summed E-state index contributed by atoms with van der Waals surface area (Å²) in [4.78, 5) is 28.0. The molecular weight excluding hydrogens is 376 g/mol. The third-order valence-corrected chi connectivity index (χ3v) is 4.17. The van der Waals surface area contributed by atoms with Gasteiger partial charge in [0, 0.05) is 11.4 Å². The van der Waals surface area contributed by atoms with Crippen LogP contribution in [0, 0.1) is 27.7 Å². The Labute approximate surface area is 172 Å². The van der Waals surface area contributed by atoms with Crippen molar-refractivity contribution in [2.75, 3.05) is 23.7 Å². The smallest absolute Gasteiger partial charge is 0.246 e. The molecule has 0 aliphatic rings. The zero-order chi connectivity index (χ0) is 19.8. The molecule has 28 heavy (non-hydrogen) atoms. The van der Waals surface area contributed by atoms with Crippen LogP contribution in [0.25, 0.3) is 0 Å². The van der Waals surface area contributed by atoms with E-state index in [1.54, 1.807) is 0 Å². The van der Waals surface area contributed by atoms with Gasteiger partial charge in [-0.3, -0.25) is 14.6 Å². The van der Waals surface area contributed by atoms with E-state index in [0.717, 1.165) is 33.6 Å². The Kier molecular flexibility index (Phi) is 9.18. The number of hydrogen-bond acceptors (Lipinski definition) is 3. The molecular formula is C21H27ClN4O2. The number of hydrogen-bond donors (Lipinski definition) is 3. The van der Waals surface area contributed by atoms with E-state index in [4.69, 9.17) is 0 Å². The molecule has 0 aliphatic carbocycles. The molecule has 2 amide bonds. The summed E-state index contributed by atoms with van der Waals surface area (Å²) in [5.74, 6) is -0.371. The standard InChI is InChI=1S/C21H26N4O2.ClH/c1-14-7-5-8-15(2)20(14)24-18(26)11-22-13-23-12-19(27)25-21-16(3)9-6-10-17(21)4;/h5-10,13H,11-12H2,1-4H3,(H,22,23)(H,24,26)(H,25,27);1H. The number of para-hydroxylation sites is 2. The van der Waals surface area contributed by atoms with Gasteiger partial charge in [0.15, 0.2) is 0 Å². The molecule has 0 saturated carbocycles. The van der Waals surface area contributed by atoms with Crippen molar-refractivity contribution in [1.29, 1.82) is 0 Å². The number of carbonyl (C=O) groups is 2. The highest BCUT2D eigenvalue weighted by Crippen LogP contribution is 2.19. The number of amides is 2. The van der Waals surface area contributed by atoms with Gasteiger partial charge in [-0.2, -0.15) is 0 Å². The highest BCUT2D eigenvalue weighted by Gasteiger charge is 2.07. The second-order valence-corrected chi connectivity index (χ2v) is 6.48. The number of benzene rings is 2. The maximum Gasteiger partial charge on any atom is 0.246 e. The summed E-state index contributed by atoms with van der Waals surface area (Å²) in [6, 6.07) is 11.7. The first-order valence-electron chi connectivity index (χ1n) is 8.82. The normalized spacial score (nSPS) is 10.3. The summed E-state index contributed by atoms with van der Waals surface area (Å²) in [6.07, 6.45) is 1.38. The summed E-state index contributed by atoms with van der Waals surface area (Å²) in [6.45, 7) is 7.86. The van der Waals surface area contributed by atoms with Crippen LogP contribution >= 0.6 is 12.4 Å². The zero-order valence-corrected chi connectivity index (χ0v) is 17.4. The van der Waals surface area contributed by atoms with Crippen LogP contribution in [-0.2, 0) is 9.59 Å². The number of anilines is 2. The molecule has 0 saturated heterocycles. The molecule has 0 radical (unpaired) electrons. The fourth-order valence-electron chi connectivity index (χ4n) is 2.72. The molecule has 0 aromatic heterocycles. The van der Waals surface area contributed by atoms with Gasteiger partial charge in [0.05, 0.1) is 12.9 Å². The first-order chi connectivity index (χ1) is 12.9. The van der Waals surface area contributed by atoms with E-state index in [1.165, 1.54) is 6.34 Å². The van der Waals surface area contributed by atoms with Crippen LogP contribution in [0.2, 0.25) is 0 Å². The predicted octanol–water partition coefficient (Wildman–Crippen LogP) is 3.54. The van der Waals surface area contributed by atoms with E-state index in [-0.39, 0.29) is 37.3 Å². The van der Waals surface area contributed by atoms with Crippen molar-refractivity contribution in [2.45, 2.75) is 27.7 Å². The quantitative estimate of drug-likeness (QED) is 0.489. The Balaban J connectivity index is 0.00000392. The lowest BCUT2D eigenvalue weighted by molar-refractivity contribution is -0.115. The topological polar surface area (TPSA) is 82.6 Å². The lowest BCUT2D eigenvalue weighted by atomic mass is 10.1. The number of nitrogens with zero attached hydrogens (tertiary/aromatic N) is 1. The van der Waals surface area contributed by atoms with E-state index >= 15 is 0 Å². The minimum atomic E-state index is -0.203. The molecule has 6 nitrogen and oxygen atoms in total. The highest BCUT2D eigenvalue weighted by atomic mass is 35.5. The fraction of sp³-hybridized carbons (Fsp3) is 0.286. The third-order valence-electron chi connectivity index (χ3n) is 4.17. The summed E-state index contributed by atoms with van der Waals surface area (Å²) >= 11 is 0. The number of nitrogens with one attached hydrogen (secondary N) is 3. The Morgan fingerprint density at radius 3 is 1.71 bits per heavy atom. The van der Waals surface area contributed by atoms with Gasteiger partial charge in [-0.15, -0.1) is 12.4 Å². The zero-order valence-electron chi connectivity index (χ0n) is 16.6. The summed E-state index contributed by atoms with van der Waals surface area (Å²) in [5, 5.41) is 8.55. The molecule has 0 fully saturated rings. The minimum absolute atomic E-state index is 0. The van der Waals surface area contributed by atoms with Gasteiger partial charge >= 0.3 is 0 Å². The van der Waals surface area contributed by atoms with Crippen LogP contribution in [0.5, 0.6) is 0 Å². The molecule has 0 aliphatic heterocycles. The molecule has 0 unspecified atom stereocenters. The largest absolute Gasteiger partial charge is 0.367 e.